The van der Waals surface area contributed by atoms with Gasteiger partial charge in [-0.25, -0.2) is 9.97 Å². The Morgan fingerprint density at radius 2 is 2.04 bits per heavy atom. The molecule has 1 amide bonds. The smallest absolute Gasteiger partial charge is 0.236 e. The highest BCUT2D eigenvalue weighted by Gasteiger charge is 2.27. The molecule has 0 N–H and O–H groups in total. The Morgan fingerprint density at radius 3 is 2.81 bits per heavy atom. The van der Waals surface area contributed by atoms with Crippen LogP contribution in [0.25, 0.3) is 5.82 Å². The molecule has 4 rings (SSSR count). The maximum absolute atomic E-state index is 12.7. The van der Waals surface area contributed by atoms with Gasteiger partial charge in [0.15, 0.2) is 0 Å². The fourth-order valence-corrected chi connectivity index (χ4v) is 4.10. The van der Waals surface area contributed by atoms with Gasteiger partial charge in [-0.15, -0.1) is 0 Å². The second-order valence-corrected chi connectivity index (χ2v) is 7.43. The average molecular weight is 353 g/mol. The number of piperidine rings is 1. The summed E-state index contributed by atoms with van der Waals surface area (Å²) in [6.07, 6.45) is 8.32. The van der Waals surface area contributed by atoms with Crippen LogP contribution in [0.2, 0.25) is 0 Å². The van der Waals surface area contributed by atoms with Gasteiger partial charge in [-0.1, -0.05) is 6.07 Å². The van der Waals surface area contributed by atoms with Gasteiger partial charge in [-0.05, 0) is 57.8 Å². The van der Waals surface area contributed by atoms with E-state index in [-0.39, 0.29) is 5.91 Å². The van der Waals surface area contributed by atoms with Crippen molar-refractivity contribution >= 4 is 5.91 Å². The minimum absolute atomic E-state index is 0.276. The number of rotatable bonds is 4. The zero-order valence-corrected chi connectivity index (χ0v) is 15.5. The predicted octanol–water partition coefficient (Wildman–Crippen LogP) is 2.38. The maximum Gasteiger partial charge on any atom is 0.236 e. The third kappa shape index (κ3) is 3.65. The molecule has 0 aliphatic carbocycles. The minimum atomic E-state index is 0.276. The zero-order valence-electron chi connectivity index (χ0n) is 15.5. The number of amides is 1. The van der Waals surface area contributed by atoms with Gasteiger partial charge in [0.05, 0.1) is 6.54 Å². The van der Waals surface area contributed by atoms with E-state index in [1.807, 2.05) is 28.7 Å². The lowest BCUT2D eigenvalue weighted by Gasteiger charge is -2.33. The zero-order chi connectivity index (χ0) is 17.9. The summed E-state index contributed by atoms with van der Waals surface area (Å²) in [7, 11) is 0. The number of aryl methyl sites for hydroxylation is 1. The summed E-state index contributed by atoms with van der Waals surface area (Å²) in [6, 6.07) is 6.16. The van der Waals surface area contributed by atoms with Crippen LogP contribution >= 0.6 is 0 Å². The van der Waals surface area contributed by atoms with Crippen LogP contribution in [-0.2, 0) is 4.79 Å². The first-order valence-corrected chi connectivity index (χ1v) is 9.68. The Kier molecular flexibility index (Phi) is 5.02. The minimum Gasteiger partial charge on any atom is -0.341 e. The lowest BCUT2D eigenvalue weighted by atomic mass is 9.94. The molecular formula is C20H27N5O. The summed E-state index contributed by atoms with van der Waals surface area (Å²) in [6.45, 7) is 6.35. The molecular weight excluding hydrogens is 326 g/mol. The van der Waals surface area contributed by atoms with Crippen LogP contribution < -0.4 is 0 Å². The van der Waals surface area contributed by atoms with Crippen LogP contribution in [0.3, 0.4) is 0 Å². The average Bonchev–Trinajstić information content (AvgIpc) is 3.33. The first-order chi connectivity index (χ1) is 12.7. The highest BCUT2D eigenvalue weighted by Crippen LogP contribution is 2.26. The second-order valence-electron chi connectivity index (χ2n) is 7.43. The van der Waals surface area contributed by atoms with Gasteiger partial charge in [0, 0.05) is 37.1 Å². The Labute approximate surface area is 154 Å². The molecule has 26 heavy (non-hydrogen) atoms. The van der Waals surface area contributed by atoms with E-state index in [9.17, 15) is 4.79 Å². The van der Waals surface area contributed by atoms with E-state index in [0.29, 0.717) is 12.5 Å². The van der Waals surface area contributed by atoms with E-state index in [2.05, 4.69) is 22.0 Å². The quantitative estimate of drug-likeness (QED) is 0.847. The summed E-state index contributed by atoms with van der Waals surface area (Å²) >= 11 is 0. The molecule has 2 aromatic rings. The molecule has 0 aromatic carbocycles. The van der Waals surface area contributed by atoms with Crippen LogP contribution in [0.15, 0.2) is 30.6 Å². The molecule has 4 heterocycles. The number of pyridine rings is 1. The summed E-state index contributed by atoms with van der Waals surface area (Å²) < 4.78 is 2.00. The van der Waals surface area contributed by atoms with E-state index < -0.39 is 0 Å². The summed E-state index contributed by atoms with van der Waals surface area (Å²) in [5, 5.41) is 0. The molecule has 0 radical (unpaired) electrons. The molecule has 0 saturated carbocycles. The Morgan fingerprint density at radius 1 is 1.19 bits per heavy atom. The van der Waals surface area contributed by atoms with Gasteiger partial charge >= 0.3 is 0 Å². The van der Waals surface area contributed by atoms with Crippen molar-refractivity contribution in [3.8, 4) is 5.82 Å². The van der Waals surface area contributed by atoms with Crippen molar-refractivity contribution < 1.29 is 4.79 Å². The SMILES string of the molecule is Cc1nccn1-c1cccc([C@H]2CCCN(C(=O)CN3CCCC3)C2)n1. The molecule has 2 aliphatic heterocycles. The third-order valence-corrected chi connectivity index (χ3v) is 5.58. The topological polar surface area (TPSA) is 54.3 Å². The molecule has 0 spiro atoms. The van der Waals surface area contributed by atoms with Gasteiger partial charge in [0.25, 0.3) is 0 Å². The van der Waals surface area contributed by atoms with E-state index in [0.717, 1.165) is 56.4 Å². The number of carbonyl (C=O) groups is 1. The van der Waals surface area contributed by atoms with Gasteiger partial charge in [-0.2, -0.15) is 0 Å². The number of hydrogen-bond donors (Lipinski definition) is 0. The maximum atomic E-state index is 12.7. The van der Waals surface area contributed by atoms with Crippen LogP contribution in [0.5, 0.6) is 0 Å². The van der Waals surface area contributed by atoms with Crippen LogP contribution in [-0.4, -0.2) is 63.0 Å². The normalized spacial score (nSPS) is 21.3. The van der Waals surface area contributed by atoms with Crippen molar-refractivity contribution in [3.05, 3.63) is 42.1 Å². The highest BCUT2D eigenvalue weighted by molar-refractivity contribution is 5.78. The Balaban J connectivity index is 1.46. The molecule has 2 aromatic heterocycles. The largest absolute Gasteiger partial charge is 0.341 e. The van der Waals surface area contributed by atoms with Gasteiger partial charge in [0.1, 0.15) is 11.6 Å². The molecule has 2 aliphatic rings. The Bertz CT molecular complexity index is 765. The predicted molar refractivity (Wildman–Crippen MR) is 100 cm³/mol. The molecule has 138 valence electrons. The lowest BCUT2D eigenvalue weighted by Crippen LogP contribution is -2.44. The lowest BCUT2D eigenvalue weighted by molar-refractivity contribution is -0.133. The molecule has 2 fully saturated rings. The Hall–Kier alpha value is -2.21. The number of imidazole rings is 1. The van der Waals surface area contributed by atoms with Crippen molar-refractivity contribution in [1.82, 2.24) is 24.3 Å². The van der Waals surface area contributed by atoms with Crippen LogP contribution in [0.4, 0.5) is 0 Å². The van der Waals surface area contributed by atoms with E-state index in [1.54, 1.807) is 6.20 Å². The second kappa shape index (κ2) is 7.58. The van der Waals surface area contributed by atoms with Gasteiger partial charge < -0.3 is 4.90 Å². The van der Waals surface area contributed by atoms with E-state index in [4.69, 9.17) is 4.98 Å². The standard InChI is InChI=1S/C20H27N5O/c1-16-21-9-13-25(16)19-8-4-7-18(22-19)17-6-5-12-24(14-17)20(26)15-23-10-2-3-11-23/h4,7-9,13,17H,2-3,5-6,10-12,14-15H2,1H3/t17-/m0/s1. The molecule has 2 saturated heterocycles. The van der Waals surface area contributed by atoms with E-state index in [1.165, 1.54) is 12.8 Å². The van der Waals surface area contributed by atoms with Crippen molar-refractivity contribution in [2.75, 3.05) is 32.7 Å². The van der Waals surface area contributed by atoms with Gasteiger partial charge in [-0.3, -0.25) is 14.3 Å². The van der Waals surface area contributed by atoms with Crippen LogP contribution in [0.1, 0.15) is 43.1 Å². The van der Waals surface area contributed by atoms with Crippen molar-refractivity contribution in [2.24, 2.45) is 0 Å². The van der Waals surface area contributed by atoms with Crippen molar-refractivity contribution in [3.63, 3.8) is 0 Å². The number of hydrogen-bond acceptors (Lipinski definition) is 4. The highest BCUT2D eigenvalue weighted by atomic mass is 16.2. The fraction of sp³-hybridized carbons (Fsp3) is 0.550. The molecule has 0 unspecified atom stereocenters. The summed E-state index contributed by atoms with van der Waals surface area (Å²) in [5.41, 5.74) is 1.08. The molecule has 0 bridgehead atoms. The molecule has 1 atom stereocenters. The summed E-state index contributed by atoms with van der Waals surface area (Å²) in [5.74, 6) is 2.42. The fourth-order valence-electron chi connectivity index (χ4n) is 4.10. The first-order valence-electron chi connectivity index (χ1n) is 9.68. The number of carbonyl (C=O) groups excluding carboxylic acids is 1. The van der Waals surface area contributed by atoms with E-state index >= 15 is 0 Å². The van der Waals surface area contributed by atoms with Crippen LogP contribution in [0, 0.1) is 6.92 Å². The summed E-state index contributed by atoms with van der Waals surface area (Å²) in [4.78, 5) is 26.2. The van der Waals surface area contributed by atoms with Gasteiger partial charge in [0.2, 0.25) is 5.91 Å². The van der Waals surface area contributed by atoms with Crippen molar-refractivity contribution in [1.29, 1.82) is 0 Å². The number of aromatic nitrogens is 3. The number of likely N-dealkylation sites (tertiary alicyclic amines) is 2. The molecule has 6 heteroatoms. The molecule has 6 nitrogen and oxygen atoms in total. The monoisotopic (exact) mass is 353 g/mol. The third-order valence-electron chi connectivity index (χ3n) is 5.58. The number of nitrogens with zero attached hydrogens (tertiary/aromatic N) is 5. The van der Waals surface area contributed by atoms with Crippen molar-refractivity contribution in [2.45, 2.75) is 38.5 Å². The first kappa shape index (κ1) is 17.2.